The van der Waals surface area contributed by atoms with Gasteiger partial charge in [-0.3, -0.25) is 4.90 Å². The van der Waals surface area contributed by atoms with E-state index in [2.05, 4.69) is 21.9 Å². The van der Waals surface area contributed by atoms with E-state index in [0.717, 1.165) is 38.3 Å². The van der Waals surface area contributed by atoms with E-state index in [4.69, 9.17) is 9.47 Å². The number of hydrogen-bond acceptors (Lipinski definition) is 5. The highest BCUT2D eigenvalue weighted by Crippen LogP contribution is 2.23. The van der Waals surface area contributed by atoms with Crippen LogP contribution in [0.5, 0.6) is 5.75 Å². The Morgan fingerprint density at radius 2 is 2.05 bits per heavy atom. The minimum Gasteiger partial charge on any atom is -0.497 e. The number of piperazine rings is 1. The van der Waals surface area contributed by atoms with Gasteiger partial charge in [-0.25, -0.2) is 0 Å². The second-order valence-corrected chi connectivity index (χ2v) is 5.72. The van der Waals surface area contributed by atoms with Crippen molar-refractivity contribution in [2.75, 3.05) is 51.4 Å². The van der Waals surface area contributed by atoms with Crippen molar-refractivity contribution in [3.05, 3.63) is 24.3 Å². The zero-order valence-corrected chi connectivity index (χ0v) is 12.6. The summed E-state index contributed by atoms with van der Waals surface area (Å²) in [5.74, 6) is 0.894. The fourth-order valence-corrected chi connectivity index (χ4v) is 3.18. The van der Waals surface area contributed by atoms with Crippen LogP contribution in [0.15, 0.2) is 24.3 Å². The van der Waals surface area contributed by atoms with Gasteiger partial charge in [0.25, 0.3) is 0 Å². The van der Waals surface area contributed by atoms with E-state index in [-0.39, 0.29) is 12.1 Å². The Hall–Kier alpha value is -1.30. The first kappa shape index (κ1) is 14.6. The number of nitrogens with zero attached hydrogens (tertiary/aromatic N) is 2. The van der Waals surface area contributed by atoms with Crippen LogP contribution in [0.3, 0.4) is 0 Å². The molecule has 5 heteroatoms. The number of anilines is 1. The maximum Gasteiger partial charge on any atom is 0.120 e. The number of aliphatic hydroxyl groups is 1. The monoisotopic (exact) mass is 292 g/mol. The summed E-state index contributed by atoms with van der Waals surface area (Å²) in [5.41, 5.74) is 1.20. The minimum atomic E-state index is -0.248. The zero-order valence-electron chi connectivity index (χ0n) is 12.6. The van der Waals surface area contributed by atoms with Crippen LogP contribution in [-0.4, -0.2) is 68.7 Å². The molecule has 0 aliphatic carbocycles. The molecule has 1 N–H and O–H groups in total. The highest BCUT2D eigenvalue weighted by Gasteiger charge is 2.31. The van der Waals surface area contributed by atoms with Crippen molar-refractivity contribution in [1.29, 1.82) is 0 Å². The molecule has 2 aliphatic heterocycles. The number of benzene rings is 1. The van der Waals surface area contributed by atoms with Gasteiger partial charge in [-0.05, 0) is 18.6 Å². The smallest absolute Gasteiger partial charge is 0.120 e. The molecule has 5 nitrogen and oxygen atoms in total. The first-order valence-corrected chi connectivity index (χ1v) is 7.67. The Morgan fingerprint density at radius 3 is 2.76 bits per heavy atom. The quantitative estimate of drug-likeness (QED) is 0.899. The molecule has 1 aromatic carbocycles. The molecule has 1 aromatic rings. The lowest BCUT2D eigenvalue weighted by Crippen LogP contribution is -2.56. The summed E-state index contributed by atoms with van der Waals surface area (Å²) in [4.78, 5) is 4.73. The van der Waals surface area contributed by atoms with Crippen molar-refractivity contribution >= 4 is 5.69 Å². The van der Waals surface area contributed by atoms with Gasteiger partial charge in [0.2, 0.25) is 0 Å². The summed E-state index contributed by atoms with van der Waals surface area (Å²) in [6.07, 6.45) is 0.503. The second kappa shape index (κ2) is 6.64. The fraction of sp³-hybridized carbons (Fsp3) is 0.625. The number of aliphatic hydroxyl groups excluding tert-OH is 1. The highest BCUT2D eigenvalue weighted by atomic mass is 16.5. The van der Waals surface area contributed by atoms with Crippen LogP contribution in [0.25, 0.3) is 0 Å². The van der Waals surface area contributed by atoms with Gasteiger partial charge in [0.1, 0.15) is 5.75 Å². The predicted octanol–water partition coefficient (Wildman–Crippen LogP) is 0.967. The highest BCUT2D eigenvalue weighted by molar-refractivity contribution is 5.51. The van der Waals surface area contributed by atoms with Crippen LogP contribution >= 0.6 is 0 Å². The maximum absolute atomic E-state index is 10.1. The molecule has 0 amide bonds. The summed E-state index contributed by atoms with van der Waals surface area (Å²) >= 11 is 0. The molecule has 2 atom stereocenters. The van der Waals surface area contributed by atoms with E-state index in [1.807, 2.05) is 12.1 Å². The van der Waals surface area contributed by atoms with Gasteiger partial charge < -0.3 is 19.5 Å². The summed E-state index contributed by atoms with van der Waals surface area (Å²) in [6, 6.07) is 8.35. The van der Waals surface area contributed by atoms with Crippen molar-refractivity contribution in [3.8, 4) is 5.75 Å². The van der Waals surface area contributed by atoms with Gasteiger partial charge in [-0.2, -0.15) is 0 Å². The largest absolute Gasteiger partial charge is 0.497 e. The van der Waals surface area contributed by atoms with E-state index in [1.54, 1.807) is 7.11 Å². The van der Waals surface area contributed by atoms with E-state index in [1.165, 1.54) is 5.69 Å². The van der Waals surface area contributed by atoms with Crippen LogP contribution in [0.4, 0.5) is 5.69 Å². The molecule has 0 bridgehead atoms. The Labute approximate surface area is 126 Å². The SMILES string of the molecule is COc1cccc(N2CCN(C3COCCC3O)CC2)c1. The van der Waals surface area contributed by atoms with Gasteiger partial charge in [0, 0.05) is 44.5 Å². The summed E-state index contributed by atoms with van der Waals surface area (Å²) in [7, 11) is 1.70. The van der Waals surface area contributed by atoms with Gasteiger partial charge >= 0.3 is 0 Å². The van der Waals surface area contributed by atoms with Crippen molar-refractivity contribution in [3.63, 3.8) is 0 Å². The molecule has 0 radical (unpaired) electrons. The minimum absolute atomic E-state index is 0.159. The van der Waals surface area contributed by atoms with E-state index < -0.39 is 0 Å². The molecular formula is C16H24N2O3. The third kappa shape index (κ3) is 3.31. The Kier molecular flexibility index (Phi) is 4.63. The molecule has 2 aliphatic rings. The Balaban J connectivity index is 1.59. The van der Waals surface area contributed by atoms with Crippen molar-refractivity contribution in [1.82, 2.24) is 4.90 Å². The van der Waals surface area contributed by atoms with Crippen LogP contribution in [0.2, 0.25) is 0 Å². The molecule has 0 spiro atoms. The van der Waals surface area contributed by atoms with Crippen LogP contribution < -0.4 is 9.64 Å². The molecule has 2 saturated heterocycles. The average molecular weight is 292 g/mol. The molecule has 2 unspecified atom stereocenters. The van der Waals surface area contributed by atoms with Gasteiger partial charge in [-0.15, -0.1) is 0 Å². The number of methoxy groups -OCH3 is 1. The normalized spacial score (nSPS) is 27.6. The topological polar surface area (TPSA) is 45.2 Å². The predicted molar refractivity (Wildman–Crippen MR) is 82.0 cm³/mol. The molecular weight excluding hydrogens is 268 g/mol. The fourth-order valence-electron chi connectivity index (χ4n) is 3.18. The molecule has 0 saturated carbocycles. The first-order chi connectivity index (χ1) is 10.3. The standard InChI is InChI=1S/C16H24N2O3/c1-20-14-4-2-3-13(11-14)17-6-8-18(9-7-17)15-12-21-10-5-16(15)19/h2-4,11,15-16,19H,5-10,12H2,1H3. The summed E-state index contributed by atoms with van der Waals surface area (Å²) < 4.78 is 10.8. The number of rotatable bonds is 3. The van der Waals surface area contributed by atoms with E-state index in [9.17, 15) is 5.11 Å². The first-order valence-electron chi connectivity index (χ1n) is 7.67. The Bertz CT molecular complexity index is 461. The molecule has 2 fully saturated rings. The maximum atomic E-state index is 10.1. The van der Waals surface area contributed by atoms with E-state index in [0.29, 0.717) is 13.2 Å². The average Bonchev–Trinajstić information content (AvgIpc) is 2.56. The van der Waals surface area contributed by atoms with Gasteiger partial charge in [0.15, 0.2) is 0 Å². The molecule has 3 rings (SSSR count). The van der Waals surface area contributed by atoms with Crippen molar-refractivity contribution in [2.45, 2.75) is 18.6 Å². The van der Waals surface area contributed by atoms with Gasteiger partial charge in [-0.1, -0.05) is 6.07 Å². The van der Waals surface area contributed by atoms with Crippen molar-refractivity contribution in [2.24, 2.45) is 0 Å². The summed E-state index contributed by atoms with van der Waals surface area (Å²) in [5, 5.41) is 10.1. The molecule has 2 heterocycles. The lowest BCUT2D eigenvalue weighted by Gasteiger charge is -2.43. The third-order valence-corrected chi connectivity index (χ3v) is 4.49. The van der Waals surface area contributed by atoms with E-state index >= 15 is 0 Å². The second-order valence-electron chi connectivity index (χ2n) is 5.72. The lowest BCUT2D eigenvalue weighted by molar-refractivity contribution is -0.0624. The van der Waals surface area contributed by atoms with Crippen LogP contribution in [0, 0.1) is 0 Å². The molecule has 21 heavy (non-hydrogen) atoms. The zero-order chi connectivity index (χ0) is 14.7. The van der Waals surface area contributed by atoms with Gasteiger partial charge in [0.05, 0.1) is 25.9 Å². The number of ether oxygens (including phenoxy) is 2. The van der Waals surface area contributed by atoms with Crippen LogP contribution in [0.1, 0.15) is 6.42 Å². The van der Waals surface area contributed by atoms with Crippen LogP contribution in [-0.2, 0) is 4.74 Å². The molecule has 116 valence electrons. The van der Waals surface area contributed by atoms with Crippen molar-refractivity contribution < 1.29 is 14.6 Å². The lowest BCUT2D eigenvalue weighted by atomic mass is 10.0. The molecule has 0 aromatic heterocycles. The number of hydrogen-bond donors (Lipinski definition) is 1. The summed E-state index contributed by atoms with van der Waals surface area (Å²) in [6.45, 7) is 5.19. The Morgan fingerprint density at radius 1 is 1.24 bits per heavy atom. The third-order valence-electron chi connectivity index (χ3n) is 4.49.